The zero-order chi connectivity index (χ0) is 17.8. The second-order valence-electron chi connectivity index (χ2n) is 5.70. The predicted octanol–water partition coefficient (Wildman–Crippen LogP) is 3.22. The van der Waals surface area contributed by atoms with Crippen LogP contribution in [0.25, 0.3) is 11.4 Å². The maximum atomic E-state index is 12.3. The van der Waals surface area contributed by atoms with Gasteiger partial charge in [-0.15, -0.1) is 10.2 Å². The smallest absolute Gasteiger partial charge is 0.234 e. The van der Waals surface area contributed by atoms with Crippen molar-refractivity contribution in [1.29, 1.82) is 0 Å². The molecule has 128 valence electrons. The van der Waals surface area contributed by atoms with Crippen molar-refractivity contribution in [2.75, 3.05) is 11.1 Å². The Kier molecular flexibility index (Phi) is 5.14. The minimum Gasteiger partial charge on any atom is -0.325 e. The second-order valence-corrected chi connectivity index (χ2v) is 6.65. The molecule has 0 aliphatic carbocycles. The highest BCUT2D eigenvalue weighted by molar-refractivity contribution is 7.99. The predicted molar refractivity (Wildman–Crippen MR) is 99.5 cm³/mol. The number of nitrogens with one attached hydrogen (secondary N) is 1. The van der Waals surface area contributed by atoms with Crippen LogP contribution in [-0.4, -0.2) is 31.4 Å². The van der Waals surface area contributed by atoms with Crippen LogP contribution < -0.4 is 5.32 Å². The van der Waals surface area contributed by atoms with E-state index in [1.807, 2.05) is 55.8 Å². The Bertz CT molecular complexity index is 871. The number of benzene rings is 1. The van der Waals surface area contributed by atoms with Gasteiger partial charge in [-0.05, 0) is 37.1 Å². The molecule has 25 heavy (non-hydrogen) atoms. The second kappa shape index (κ2) is 7.48. The Labute approximate surface area is 150 Å². The molecule has 0 bridgehead atoms. The molecule has 0 aliphatic heterocycles. The molecule has 0 saturated carbocycles. The fourth-order valence-electron chi connectivity index (χ4n) is 2.51. The van der Waals surface area contributed by atoms with Gasteiger partial charge < -0.3 is 9.88 Å². The number of para-hydroxylation sites is 1. The van der Waals surface area contributed by atoms with Crippen LogP contribution in [0.3, 0.4) is 0 Å². The summed E-state index contributed by atoms with van der Waals surface area (Å²) in [6.07, 6.45) is 3.43. The van der Waals surface area contributed by atoms with E-state index in [4.69, 9.17) is 0 Å². The minimum atomic E-state index is -0.0594. The lowest BCUT2D eigenvalue weighted by molar-refractivity contribution is -0.113. The molecule has 2 aromatic heterocycles. The third-order valence-corrected chi connectivity index (χ3v) is 4.87. The average Bonchev–Trinajstić information content (AvgIpc) is 2.98. The fourth-order valence-corrected chi connectivity index (χ4v) is 3.22. The Hall–Kier alpha value is -2.67. The van der Waals surface area contributed by atoms with Crippen LogP contribution in [0.1, 0.15) is 11.1 Å². The van der Waals surface area contributed by atoms with Gasteiger partial charge in [-0.25, -0.2) is 0 Å². The van der Waals surface area contributed by atoms with Gasteiger partial charge in [0.15, 0.2) is 11.0 Å². The summed E-state index contributed by atoms with van der Waals surface area (Å²) in [5.41, 5.74) is 3.93. The fraction of sp³-hybridized carbons (Fsp3) is 0.222. The molecule has 3 rings (SSSR count). The number of aryl methyl sites for hydroxylation is 2. The van der Waals surface area contributed by atoms with Gasteiger partial charge >= 0.3 is 0 Å². The van der Waals surface area contributed by atoms with E-state index in [0.717, 1.165) is 28.2 Å². The molecule has 0 fully saturated rings. The van der Waals surface area contributed by atoms with Crippen molar-refractivity contribution >= 4 is 23.4 Å². The molecule has 0 radical (unpaired) electrons. The Balaban J connectivity index is 1.66. The first kappa shape index (κ1) is 17.2. The summed E-state index contributed by atoms with van der Waals surface area (Å²) >= 11 is 1.36. The summed E-state index contributed by atoms with van der Waals surface area (Å²) in [7, 11) is 1.89. The number of anilines is 1. The molecule has 1 aromatic carbocycles. The van der Waals surface area contributed by atoms with Crippen LogP contribution in [0.2, 0.25) is 0 Å². The van der Waals surface area contributed by atoms with Gasteiger partial charge in [-0.2, -0.15) is 0 Å². The van der Waals surface area contributed by atoms with Crippen molar-refractivity contribution in [3.05, 3.63) is 53.9 Å². The van der Waals surface area contributed by atoms with E-state index in [9.17, 15) is 4.79 Å². The lowest BCUT2D eigenvalue weighted by Gasteiger charge is -2.11. The Morgan fingerprint density at radius 3 is 2.48 bits per heavy atom. The molecular weight excluding hydrogens is 334 g/mol. The van der Waals surface area contributed by atoms with Crippen LogP contribution in [0.15, 0.2) is 47.9 Å². The summed E-state index contributed by atoms with van der Waals surface area (Å²) in [4.78, 5) is 16.3. The molecule has 0 spiro atoms. The van der Waals surface area contributed by atoms with E-state index in [1.165, 1.54) is 11.8 Å². The summed E-state index contributed by atoms with van der Waals surface area (Å²) in [5, 5.41) is 12.1. The molecule has 0 saturated heterocycles. The largest absolute Gasteiger partial charge is 0.325 e. The van der Waals surface area contributed by atoms with Gasteiger partial charge in [-0.3, -0.25) is 9.78 Å². The number of rotatable bonds is 5. The molecule has 1 N–H and O–H groups in total. The van der Waals surface area contributed by atoms with Crippen molar-refractivity contribution in [2.45, 2.75) is 19.0 Å². The first-order valence-corrected chi connectivity index (χ1v) is 8.83. The summed E-state index contributed by atoms with van der Waals surface area (Å²) in [6, 6.07) is 9.71. The molecule has 0 unspecified atom stereocenters. The van der Waals surface area contributed by atoms with Crippen LogP contribution in [-0.2, 0) is 11.8 Å². The third kappa shape index (κ3) is 3.88. The van der Waals surface area contributed by atoms with E-state index in [0.29, 0.717) is 5.16 Å². The molecule has 0 aliphatic rings. The maximum absolute atomic E-state index is 12.3. The van der Waals surface area contributed by atoms with E-state index in [2.05, 4.69) is 20.5 Å². The van der Waals surface area contributed by atoms with Crippen molar-refractivity contribution < 1.29 is 4.79 Å². The van der Waals surface area contributed by atoms with Gasteiger partial charge in [0.25, 0.3) is 0 Å². The van der Waals surface area contributed by atoms with Crippen molar-refractivity contribution in [1.82, 2.24) is 19.7 Å². The molecule has 3 aromatic rings. The van der Waals surface area contributed by atoms with Gasteiger partial charge in [0.1, 0.15) is 0 Å². The highest BCUT2D eigenvalue weighted by Crippen LogP contribution is 2.23. The van der Waals surface area contributed by atoms with Gasteiger partial charge in [0.05, 0.1) is 5.75 Å². The van der Waals surface area contributed by atoms with Crippen molar-refractivity contribution in [3.8, 4) is 11.4 Å². The number of nitrogens with zero attached hydrogens (tertiary/aromatic N) is 4. The standard InChI is InChI=1S/C18H19N5OS/c1-12-5-4-6-13(2)16(12)20-15(24)11-25-18-22-21-17(23(18)3)14-7-9-19-10-8-14/h4-10H,11H2,1-3H3,(H,20,24). The summed E-state index contributed by atoms with van der Waals surface area (Å²) in [6.45, 7) is 3.97. The molecule has 1 amide bonds. The number of amides is 1. The lowest BCUT2D eigenvalue weighted by atomic mass is 10.1. The van der Waals surface area contributed by atoms with Crippen LogP contribution in [0, 0.1) is 13.8 Å². The monoisotopic (exact) mass is 353 g/mol. The van der Waals surface area contributed by atoms with E-state index in [-0.39, 0.29) is 11.7 Å². The summed E-state index contributed by atoms with van der Waals surface area (Å²) in [5.74, 6) is 0.965. The minimum absolute atomic E-state index is 0.0594. The number of thioether (sulfide) groups is 1. The van der Waals surface area contributed by atoms with Crippen molar-refractivity contribution in [3.63, 3.8) is 0 Å². The third-order valence-electron chi connectivity index (χ3n) is 3.85. The van der Waals surface area contributed by atoms with E-state index in [1.54, 1.807) is 12.4 Å². The normalized spacial score (nSPS) is 10.7. The Morgan fingerprint density at radius 1 is 1.12 bits per heavy atom. The van der Waals surface area contributed by atoms with Crippen LogP contribution in [0.4, 0.5) is 5.69 Å². The van der Waals surface area contributed by atoms with Crippen LogP contribution >= 0.6 is 11.8 Å². The molecule has 7 heteroatoms. The van der Waals surface area contributed by atoms with Gasteiger partial charge in [0.2, 0.25) is 5.91 Å². The number of hydrogen-bond acceptors (Lipinski definition) is 5. The number of hydrogen-bond donors (Lipinski definition) is 1. The number of carbonyl (C=O) groups excluding carboxylic acids is 1. The van der Waals surface area contributed by atoms with E-state index < -0.39 is 0 Å². The van der Waals surface area contributed by atoms with Crippen LogP contribution in [0.5, 0.6) is 0 Å². The highest BCUT2D eigenvalue weighted by Gasteiger charge is 2.13. The SMILES string of the molecule is Cc1cccc(C)c1NC(=O)CSc1nnc(-c2ccncc2)n1C. The number of pyridine rings is 1. The summed E-state index contributed by atoms with van der Waals surface area (Å²) < 4.78 is 1.88. The van der Waals surface area contributed by atoms with Gasteiger partial charge in [-0.1, -0.05) is 30.0 Å². The van der Waals surface area contributed by atoms with Gasteiger partial charge in [0, 0.05) is 30.7 Å². The Morgan fingerprint density at radius 2 is 1.80 bits per heavy atom. The van der Waals surface area contributed by atoms with Crippen molar-refractivity contribution in [2.24, 2.45) is 7.05 Å². The molecule has 0 atom stereocenters. The zero-order valence-corrected chi connectivity index (χ0v) is 15.2. The average molecular weight is 353 g/mol. The first-order chi connectivity index (χ1) is 12.1. The molecule has 2 heterocycles. The first-order valence-electron chi connectivity index (χ1n) is 7.85. The number of aromatic nitrogens is 4. The maximum Gasteiger partial charge on any atom is 0.234 e. The topological polar surface area (TPSA) is 72.7 Å². The lowest BCUT2D eigenvalue weighted by Crippen LogP contribution is -2.16. The highest BCUT2D eigenvalue weighted by atomic mass is 32.2. The number of carbonyl (C=O) groups is 1. The molecule has 6 nitrogen and oxygen atoms in total. The molecular formula is C18H19N5OS. The van der Waals surface area contributed by atoms with E-state index >= 15 is 0 Å². The quantitative estimate of drug-likeness (QED) is 0.713. The zero-order valence-electron chi connectivity index (χ0n) is 14.4.